The Morgan fingerprint density at radius 2 is 0.889 bits per heavy atom. The quantitative estimate of drug-likeness (QED) is 0.364. The second-order valence-corrected chi connectivity index (χ2v) is 10.2. The second kappa shape index (κ2) is 10.6. The van der Waals surface area contributed by atoms with Gasteiger partial charge >= 0.3 is 0 Å². The molecule has 0 saturated carbocycles. The Kier molecular flexibility index (Phi) is 7.23. The van der Waals surface area contributed by atoms with E-state index in [0.29, 0.717) is 15.1 Å². The van der Waals surface area contributed by atoms with Crippen molar-refractivity contribution in [1.82, 2.24) is 0 Å². The van der Waals surface area contributed by atoms with Crippen LogP contribution in [0.15, 0.2) is 72.8 Å². The number of halogens is 3. The molecule has 0 amide bonds. The first kappa shape index (κ1) is 24.6. The first-order valence-electron chi connectivity index (χ1n) is 11.6. The number of hydrogen-bond donors (Lipinski definition) is 0. The molecule has 4 bridgehead atoms. The molecule has 3 heterocycles. The lowest BCUT2D eigenvalue weighted by Gasteiger charge is -2.45. The zero-order chi connectivity index (χ0) is 24.6. The van der Waals surface area contributed by atoms with Crippen molar-refractivity contribution in [3.8, 4) is 0 Å². The van der Waals surface area contributed by atoms with E-state index in [1.165, 1.54) is 0 Å². The summed E-state index contributed by atoms with van der Waals surface area (Å²) in [4.78, 5) is 0. The summed E-state index contributed by atoms with van der Waals surface area (Å²) in [6.45, 7) is 0.404. The van der Waals surface area contributed by atoms with Gasteiger partial charge in [-0.25, -0.2) is 0 Å². The molecule has 188 valence electrons. The van der Waals surface area contributed by atoms with Crippen molar-refractivity contribution in [2.45, 2.75) is 43.3 Å². The first-order chi connectivity index (χ1) is 17.5. The molecular formula is C27H23Cl3O6. The summed E-state index contributed by atoms with van der Waals surface area (Å²) in [5.74, 6) is 0. The summed E-state index contributed by atoms with van der Waals surface area (Å²) in [5.41, 5.74) is 2.39. The topological polar surface area (TPSA) is 55.4 Å². The number of benzene rings is 3. The predicted molar refractivity (Wildman–Crippen MR) is 134 cm³/mol. The van der Waals surface area contributed by atoms with Gasteiger partial charge in [-0.15, -0.1) is 0 Å². The highest BCUT2D eigenvalue weighted by Gasteiger charge is 2.50. The standard InChI is InChI=1S/C27H23Cl3O6/c28-18-7-1-4-15(10-18)25-31-14-22-23-24(36-27(34-22)17-6-3-9-20(30)12-17)21(33-25)13-32-26(35-23)16-5-2-8-19(29)11-16/h1-12,21-27H,13-14H2/t21-,22+,23-,24-,25?,26?,27?/m0/s1. The number of rotatable bonds is 3. The van der Waals surface area contributed by atoms with E-state index in [4.69, 9.17) is 63.2 Å². The van der Waals surface area contributed by atoms with Crippen molar-refractivity contribution in [1.29, 1.82) is 0 Å². The largest absolute Gasteiger partial charge is 0.346 e. The van der Waals surface area contributed by atoms with Crippen molar-refractivity contribution >= 4 is 34.8 Å². The maximum atomic E-state index is 6.48. The van der Waals surface area contributed by atoms with Crippen LogP contribution in [0, 0.1) is 0 Å². The fourth-order valence-corrected chi connectivity index (χ4v) is 5.32. The molecule has 7 atom stereocenters. The molecule has 0 radical (unpaired) electrons. The van der Waals surface area contributed by atoms with Gasteiger partial charge in [0.15, 0.2) is 18.9 Å². The van der Waals surface area contributed by atoms with Crippen LogP contribution < -0.4 is 0 Å². The van der Waals surface area contributed by atoms with Crippen LogP contribution in [0.25, 0.3) is 0 Å². The van der Waals surface area contributed by atoms with Crippen LogP contribution >= 0.6 is 34.8 Å². The van der Waals surface area contributed by atoms with E-state index in [-0.39, 0.29) is 13.2 Å². The fraction of sp³-hybridized carbons (Fsp3) is 0.333. The average molecular weight is 550 g/mol. The lowest BCUT2D eigenvalue weighted by atomic mass is 10.00. The highest BCUT2D eigenvalue weighted by atomic mass is 35.5. The Morgan fingerprint density at radius 1 is 0.500 bits per heavy atom. The van der Waals surface area contributed by atoms with Crippen LogP contribution in [-0.2, 0) is 28.4 Å². The number of ether oxygens (including phenoxy) is 6. The molecule has 3 saturated heterocycles. The van der Waals surface area contributed by atoms with E-state index in [2.05, 4.69) is 0 Å². The molecule has 0 aromatic heterocycles. The molecule has 6 nitrogen and oxygen atoms in total. The minimum atomic E-state index is -0.680. The monoisotopic (exact) mass is 548 g/mol. The van der Waals surface area contributed by atoms with Crippen LogP contribution in [0.3, 0.4) is 0 Å². The van der Waals surface area contributed by atoms with Gasteiger partial charge in [-0.1, -0.05) is 71.2 Å². The van der Waals surface area contributed by atoms with E-state index >= 15 is 0 Å². The van der Waals surface area contributed by atoms with Crippen LogP contribution in [0.4, 0.5) is 0 Å². The van der Waals surface area contributed by atoms with E-state index < -0.39 is 43.3 Å². The Labute approximate surface area is 223 Å². The molecule has 36 heavy (non-hydrogen) atoms. The third-order valence-electron chi connectivity index (χ3n) is 6.40. The molecule has 0 spiro atoms. The molecule has 3 aromatic rings. The van der Waals surface area contributed by atoms with Crippen LogP contribution in [0.5, 0.6) is 0 Å². The molecule has 9 heteroatoms. The van der Waals surface area contributed by atoms with Crippen molar-refractivity contribution < 1.29 is 28.4 Å². The van der Waals surface area contributed by atoms with Gasteiger partial charge in [0.2, 0.25) is 0 Å². The molecule has 0 N–H and O–H groups in total. The van der Waals surface area contributed by atoms with Gasteiger partial charge in [-0.3, -0.25) is 0 Å². The van der Waals surface area contributed by atoms with Gasteiger partial charge < -0.3 is 28.4 Å². The fourth-order valence-electron chi connectivity index (χ4n) is 4.72. The second-order valence-electron chi connectivity index (χ2n) is 8.88. The van der Waals surface area contributed by atoms with Gasteiger partial charge in [-0.05, 0) is 36.4 Å². The third-order valence-corrected chi connectivity index (χ3v) is 7.11. The predicted octanol–water partition coefficient (Wildman–Crippen LogP) is 6.66. The van der Waals surface area contributed by atoms with Crippen LogP contribution in [0.2, 0.25) is 15.1 Å². The van der Waals surface area contributed by atoms with E-state index in [0.717, 1.165) is 16.7 Å². The highest BCUT2D eigenvalue weighted by molar-refractivity contribution is 6.31. The molecule has 0 aliphatic carbocycles. The summed E-state index contributed by atoms with van der Waals surface area (Å²) in [7, 11) is 0. The zero-order valence-electron chi connectivity index (χ0n) is 19.0. The minimum Gasteiger partial charge on any atom is -0.346 e. The summed E-state index contributed by atoms with van der Waals surface area (Å²) < 4.78 is 38.2. The maximum absolute atomic E-state index is 6.48. The molecule has 3 aromatic carbocycles. The van der Waals surface area contributed by atoms with Crippen LogP contribution in [0.1, 0.15) is 35.6 Å². The van der Waals surface area contributed by atoms with Gasteiger partial charge in [0.05, 0.1) is 13.2 Å². The molecule has 3 unspecified atom stereocenters. The van der Waals surface area contributed by atoms with Gasteiger partial charge in [0.25, 0.3) is 0 Å². The summed E-state index contributed by atoms with van der Waals surface area (Å²) in [6.07, 6.45) is -4.02. The normalized spacial score (nSPS) is 32.2. The Bertz CT molecular complexity index is 1120. The molecule has 3 aliphatic heterocycles. The summed E-state index contributed by atoms with van der Waals surface area (Å²) >= 11 is 18.7. The van der Waals surface area contributed by atoms with Crippen molar-refractivity contribution in [2.75, 3.05) is 13.2 Å². The zero-order valence-corrected chi connectivity index (χ0v) is 21.2. The Morgan fingerprint density at radius 3 is 1.36 bits per heavy atom. The van der Waals surface area contributed by atoms with Gasteiger partial charge in [0.1, 0.15) is 24.4 Å². The lowest BCUT2D eigenvalue weighted by molar-refractivity contribution is -0.354. The SMILES string of the molecule is Clc1cccc(C2OC[C@@H]3OC(c4cccc(Cl)c4)OC[C@H]4OC(c5cccc(Cl)c5)O[C@@H]3[C@H]4O2)c1. The Hall–Kier alpha value is -1.71. The molecule has 3 aliphatic rings. The smallest absolute Gasteiger partial charge is 0.185 e. The third kappa shape index (κ3) is 5.16. The summed E-state index contributed by atoms with van der Waals surface area (Å²) in [6, 6.07) is 22.2. The van der Waals surface area contributed by atoms with E-state index in [1.807, 2.05) is 54.6 Å². The van der Waals surface area contributed by atoms with Crippen molar-refractivity contribution in [3.05, 3.63) is 105 Å². The van der Waals surface area contributed by atoms with Crippen molar-refractivity contribution in [2.24, 2.45) is 0 Å². The number of hydrogen-bond acceptors (Lipinski definition) is 6. The molecule has 6 rings (SSSR count). The van der Waals surface area contributed by atoms with Gasteiger partial charge in [-0.2, -0.15) is 0 Å². The van der Waals surface area contributed by atoms with Crippen LogP contribution in [-0.4, -0.2) is 37.6 Å². The first-order valence-corrected chi connectivity index (χ1v) is 12.8. The van der Waals surface area contributed by atoms with E-state index in [1.54, 1.807) is 18.2 Å². The van der Waals surface area contributed by atoms with E-state index in [9.17, 15) is 0 Å². The molecular weight excluding hydrogens is 527 g/mol. The summed E-state index contributed by atoms with van der Waals surface area (Å²) in [5, 5.41) is 1.78. The maximum Gasteiger partial charge on any atom is 0.185 e. The van der Waals surface area contributed by atoms with Crippen molar-refractivity contribution in [3.63, 3.8) is 0 Å². The average Bonchev–Trinajstić information content (AvgIpc) is 3.07. The van der Waals surface area contributed by atoms with Gasteiger partial charge in [0, 0.05) is 31.8 Å². The highest BCUT2D eigenvalue weighted by Crippen LogP contribution is 2.42. The molecule has 3 fully saturated rings. The minimum absolute atomic E-state index is 0.202. The Balaban J connectivity index is 1.34. The lowest BCUT2D eigenvalue weighted by Crippen LogP contribution is -2.57.